The van der Waals surface area contributed by atoms with Crippen molar-refractivity contribution in [2.75, 3.05) is 5.32 Å². The predicted octanol–water partition coefficient (Wildman–Crippen LogP) is 15.2. The van der Waals surface area contributed by atoms with E-state index in [1.54, 1.807) is 0 Å². The van der Waals surface area contributed by atoms with Gasteiger partial charge in [-0.2, -0.15) is 0 Å². The summed E-state index contributed by atoms with van der Waals surface area (Å²) in [6.07, 6.45) is 7.47. The molecule has 0 atom stereocenters. The van der Waals surface area contributed by atoms with E-state index < -0.39 is 0 Å². The molecule has 0 spiro atoms. The Morgan fingerprint density at radius 1 is 0.500 bits per heavy atom. The monoisotopic (exact) mass is 796 g/mol. The Bertz CT molecular complexity index is 3140. The van der Waals surface area contributed by atoms with Crippen LogP contribution in [0.4, 0.5) is 11.4 Å². The van der Waals surface area contributed by atoms with E-state index in [4.69, 9.17) is 9.97 Å². The van der Waals surface area contributed by atoms with Crippen LogP contribution in [0.5, 0.6) is 0 Å². The number of nitrogens with zero attached hydrogens (tertiary/aromatic N) is 3. The zero-order valence-corrected chi connectivity index (χ0v) is 34.5. The summed E-state index contributed by atoms with van der Waals surface area (Å²) in [4.78, 5) is 9.98. The molecule has 10 rings (SSSR count). The summed E-state index contributed by atoms with van der Waals surface area (Å²) in [5.74, 6) is 0.716. The lowest BCUT2D eigenvalue weighted by atomic mass is 10.0. The minimum absolute atomic E-state index is 0.716. The molecule has 0 aliphatic heterocycles. The summed E-state index contributed by atoms with van der Waals surface area (Å²) in [7, 11) is 0. The Kier molecular flexibility index (Phi) is 10.6. The van der Waals surface area contributed by atoms with Crippen LogP contribution in [0, 0.1) is 0 Å². The molecule has 0 aliphatic rings. The summed E-state index contributed by atoms with van der Waals surface area (Å²) in [5.41, 5.74) is 16.6. The fourth-order valence-electron chi connectivity index (χ4n) is 8.20. The standard InChI is InChI=1S/C58H44N4/c1-41(17-11-12-20-44-21-13-15-27-53(44)59-49-24-9-4-10-25-49)48-35-38-57-52(39-48)51-26-14-16-28-56(51)62(57)50-36-33-43(34-37-50)42-29-31-46(32-30-42)55-40-54(45-18-5-2-6-19-45)60-58(61-55)47-22-7-3-8-23-47/h2-19,21-40,59H,20H2,1H3/b12-11-,41-17+. The van der Waals surface area contributed by atoms with Gasteiger partial charge in [0.25, 0.3) is 0 Å². The van der Waals surface area contributed by atoms with Gasteiger partial charge < -0.3 is 9.88 Å². The van der Waals surface area contributed by atoms with Crippen molar-refractivity contribution >= 4 is 38.8 Å². The van der Waals surface area contributed by atoms with Gasteiger partial charge in [-0.25, -0.2) is 9.97 Å². The number of hydrogen-bond donors (Lipinski definition) is 1. The van der Waals surface area contributed by atoms with Gasteiger partial charge in [0.15, 0.2) is 5.82 Å². The minimum Gasteiger partial charge on any atom is -0.355 e. The van der Waals surface area contributed by atoms with Gasteiger partial charge in [0.05, 0.1) is 22.4 Å². The van der Waals surface area contributed by atoms with Crippen LogP contribution in [0.1, 0.15) is 18.1 Å². The number of anilines is 2. The Morgan fingerprint density at radius 3 is 1.79 bits per heavy atom. The number of nitrogens with one attached hydrogen (secondary N) is 1. The molecule has 8 aromatic carbocycles. The lowest BCUT2D eigenvalue weighted by Crippen LogP contribution is -1.96. The second-order valence-corrected chi connectivity index (χ2v) is 15.5. The SMILES string of the molecule is C/C(=C\C=C/Cc1ccccc1Nc1ccccc1)c1ccc2c(c1)c1ccccc1n2-c1ccc(-c2ccc(-c3cc(-c4ccccc4)nc(-c4ccccc4)n3)cc2)cc1. The molecule has 0 unspecified atom stereocenters. The van der Waals surface area contributed by atoms with E-state index in [2.05, 4.69) is 205 Å². The van der Waals surface area contributed by atoms with E-state index in [9.17, 15) is 0 Å². The lowest BCUT2D eigenvalue weighted by Gasteiger charge is -2.11. The molecule has 2 aromatic heterocycles. The quantitative estimate of drug-likeness (QED) is 0.133. The molecule has 62 heavy (non-hydrogen) atoms. The van der Waals surface area contributed by atoms with Crippen LogP contribution in [0.25, 0.3) is 78.1 Å². The molecule has 0 saturated carbocycles. The third-order valence-corrected chi connectivity index (χ3v) is 11.5. The lowest BCUT2D eigenvalue weighted by molar-refractivity contribution is 1.18. The molecular formula is C58H44N4. The number of hydrogen-bond acceptors (Lipinski definition) is 3. The van der Waals surface area contributed by atoms with Gasteiger partial charge in [0.1, 0.15) is 0 Å². The highest BCUT2D eigenvalue weighted by Gasteiger charge is 2.14. The Balaban J connectivity index is 0.895. The van der Waals surface area contributed by atoms with E-state index in [-0.39, 0.29) is 0 Å². The minimum atomic E-state index is 0.716. The van der Waals surface area contributed by atoms with Crippen LogP contribution < -0.4 is 5.32 Å². The normalized spacial score (nSPS) is 11.7. The Morgan fingerprint density at radius 2 is 1.06 bits per heavy atom. The second kappa shape index (κ2) is 17.3. The first kappa shape index (κ1) is 38.1. The molecule has 4 nitrogen and oxygen atoms in total. The van der Waals surface area contributed by atoms with E-state index >= 15 is 0 Å². The van der Waals surface area contributed by atoms with E-state index in [0.717, 1.165) is 62.7 Å². The summed E-state index contributed by atoms with van der Waals surface area (Å²) in [5, 5.41) is 6.05. The second-order valence-electron chi connectivity index (χ2n) is 15.5. The van der Waals surface area contributed by atoms with Crippen molar-refractivity contribution in [3.63, 3.8) is 0 Å². The molecule has 2 heterocycles. The van der Waals surface area contributed by atoms with Gasteiger partial charge in [0, 0.05) is 44.5 Å². The van der Waals surface area contributed by atoms with Gasteiger partial charge in [-0.05, 0) is 95.8 Å². The van der Waals surface area contributed by atoms with Gasteiger partial charge in [-0.15, -0.1) is 0 Å². The molecule has 0 fully saturated rings. The molecule has 0 aliphatic carbocycles. The van der Waals surface area contributed by atoms with Crippen molar-refractivity contribution < 1.29 is 0 Å². The van der Waals surface area contributed by atoms with Crippen LogP contribution in [0.15, 0.2) is 231 Å². The fourth-order valence-corrected chi connectivity index (χ4v) is 8.20. The fraction of sp³-hybridized carbons (Fsp3) is 0.0345. The topological polar surface area (TPSA) is 42.7 Å². The smallest absolute Gasteiger partial charge is 0.160 e. The molecule has 296 valence electrons. The predicted molar refractivity (Wildman–Crippen MR) is 261 cm³/mol. The van der Waals surface area contributed by atoms with E-state index in [0.29, 0.717) is 5.82 Å². The maximum atomic E-state index is 5.03. The largest absolute Gasteiger partial charge is 0.355 e. The van der Waals surface area contributed by atoms with Gasteiger partial charge in [-0.1, -0.05) is 176 Å². The molecule has 1 N–H and O–H groups in total. The van der Waals surface area contributed by atoms with Gasteiger partial charge in [0.2, 0.25) is 0 Å². The van der Waals surface area contributed by atoms with Gasteiger partial charge >= 0.3 is 0 Å². The maximum absolute atomic E-state index is 5.03. The molecule has 0 saturated heterocycles. The number of para-hydroxylation sites is 3. The van der Waals surface area contributed by atoms with Crippen LogP contribution in [-0.4, -0.2) is 14.5 Å². The van der Waals surface area contributed by atoms with Crippen molar-refractivity contribution in [1.82, 2.24) is 14.5 Å². The van der Waals surface area contributed by atoms with Crippen LogP contribution in [-0.2, 0) is 6.42 Å². The van der Waals surface area contributed by atoms with Crippen molar-refractivity contribution in [3.05, 3.63) is 242 Å². The first-order valence-electron chi connectivity index (χ1n) is 21.1. The number of aromatic nitrogens is 3. The van der Waals surface area contributed by atoms with Gasteiger partial charge in [-0.3, -0.25) is 0 Å². The molecule has 0 bridgehead atoms. The highest BCUT2D eigenvalue weighted by atomic mass is 15.0. The van der Waals surface area contributed by atoms with E-state index in [1.807, 2.05) is 42.5 Å². The van der Waals surface area contributed by atoms with E-state index in [1.165, 1.54) is 38.5 Å². The van der Waals surface area contributed by atoms with Crippen molar-refractivity contribution in [2.24, 2.45) is 0 Å². The number of rotatable bonds is 11. The molecule has 0 amide bonds. The Labute approximate surface area is 362 Å². The van der Waals surface area contributed by atoms with Crippen molar-refractivity contribution in [1.29, 1.82) is 0 Å². The number of fused-ring (bicyclic) bond motifs is 3. The molecule has 10 aromatic rings. The van der Waals surface area contributed by atoms with Crippen molar-refractivity contribution in [3.8, 4) is 50.7 Å². The van der Waals surface area contributed by atoms with Crippen LogP contribution in [0.3, 0.4) is 0 Å². The highest BCUT2D eigenvalue weighted by Crippen LogP contribution is 2.35. The zero-order chi connectivity index (χ0) is 41.7. The van der Waals surface area contributed by atoms with Crippen molar-refractivity contribution in [2.45, 2.75) is 13.3 Å². The summed E-state index contributed by atoms with van der Waals surface area (Å²) in [6.45, 7) is 2.19. The first-order chi connectivity index (χ1) is 30.6. The average molecular weight is 797 g/mol. The molecule has 4 heteroatoms. The Hall–Kier alpha value is -8.08. The highest BCUT2D eigenvalue weighted by molar-refractivity contribution is 6.10. The molecule has 0 radical (unpaired) electrons. The third kappa shape index (κ3) is 7.98. The number of allylic oxidation sites excluding steroid dienone is 4. The summed E-state index contributed by atoms with van der Waals surface area (Å²) >= 11 is 0. The number of benzene rings is 8. The molecular weight excluding hydrogens is 753 g/mol. The van der Waals surface area contributed by atoms with Crippen LogP contribution in [0.2, 0.25) is 0 Å². The van der Waals surface area contributed by atoms with Crippen LogP contribution >= 0.6 is 0 Å². The summed E-state index contributed by atoms with van der Waals surface area (Å²) < 4.78 is 2.38. The average Bonchev–Trinajstić information content (AvgIpc) is 3.68. The summed E-state index contributed by atoms with van der Waals surface area (Å²) in [6, 6.07) is 74.6. The first-order valence-corrected chi connectivity index (χ1v) is 21.1. The third-order valence-electron chi connectivity index (χ3n) is 11.5. The zero-order valence-electron chi connectivity index (χ0n) is 34.5. The maximum Gasteiger partial charge on any atom is 0.160 e.